The van der Waals surface area contributed by atoms with Gasteiger partial charge >= 0.3 is 5.97 Å². The summed E-state index contributed by atoms with van der Waals surface area (Å²) in [5.74, 6) is -0.935. The van der Waals surface area contributed by atoms with Gasteiger partial charge in [0.15, 0.2) is 0 Å². The van der Waals surface area contributed by atoms with Crippen molar-refractivity contribution in [2.24, 2.45) is 0 Å². The fraction of sp³-hybridized carbons (Fsp3) is 0.364. The third kappa shape index (κ3) is 3.20. The highest BCUT2D eigenvalue weighted by Crippen LogP contribution is 2.22. The van der Waals surface area contributed by atoms with Crippen LogP contribution in [-0.4, -0.2) is 12.6 Å². The molecule has 0 N–H and O–H groups in total. The molecule has 0 atom stereocenters. The summed E-state index contributed by atoms with van der Waals surface area (Å²) in [7, 11) is 0. The number of hydrogen-bond donors (Lipinski definition) is 0. The molecule has 1 aromatic rings. The van der Waals surface area contributed by atoms with Crippen LogP contribution in [0.3, 0.4) is 0 Å². The zero-order chi connectivity index (χ0) is 11.4. The Bertz CT molecular complexity index is 354. The first-order valence-corrected chi connectivity index (χ1v) is 5.02. The molecule has 0 spiro atoms. The summed E-state index contributed by atoms with van der Waals surface area (Å²) in [5, 5.41) is 0.264. The van der Waals surface area contributed by atoms with Crippen LogP contribution in [0.4, 0.5) is 4.39 Å². The normalized spacial score (nSPS) is 10.1. The van der Waals surface area contributed by atoms with Gasteiger partial charge in [0, 0.05) is 10.6 Å². The first-order chi connectivity index (χ1) is 7.04. The molecule has 1 rings (SSSR count). The average Bonchev–Trinajstić information content (AvgIpc) is 2.11. The molecule has 0 heterocycles. The van der Waals surface area contributed by atoms with Crippen LogP contribution in [0.2, 0.25) is 5.02 Å². The van der Waals surface area contributed by atoms with Crippen molar-refractivity contribution >= 4 is 17.6 Å². The van der Waals surface area contributed by atoms with Crippen LogP contribution in [-0.2, 0) is 16.0 Å². The number of aryl methyl sites for hydroxylation is 1. The number of carbonyl (C=O) groups is 1. The van der Waals surface area contributed by atoms with Crippen molar-refractivity contribution in [2.45, 2.75) is 20.3 Å². The van der Waals surface area contributed by atoms with Crippen LogP contribution in [0.15, 0.2) is 12.1 Å². The summed E-state index contributed by atoms with van der Waals surface area (Å²) in [6.45, 7) is 3.72. The Balaban J connectivity index is 2.90. The van der Waals surface area contributed by atoms with Gasteiger partial charge in [-0.3, -0.25) is 4.79 Å². The van der Waals surface area contributed by atoms with Gasteiger partial charge < -0.3 is 4.74 Å². The van der Waals surface area contributed by atoms with Crippen LogP contribution in [0.1, 0.15) is 18.1 Å². The van der Waals surface area contributed by atoms with Crippen LogP contribution >= 0.6 is 11.6 Å². The molecule has 0 radical (unpaired) electrons. The lowest BCUT2D eigenvalue weighted by atomic mass is 10.1. The van der Waals surface area contributed by atoms with Gasteiger partial charge in [0.05, 0.1) is 13.0 Å². The highest BCUT2D eigenvalue weighted by Gasteiger charge is 2.13. The molecular weight excluding hydrogens is 219 g/mol. The number of rotatable bonds is 3. The highest BCUT2D eigenvalue weighted by atomic mass is 35.5. The third-order valence-electron chi connectivity index (χ3n) is 1.91. The average molecular weight is 231 g/mol. The molecule has 0 amide bonds. The van der Waals surface area contributed by atoms with Crippen molar-refractivity contribution < 1.29 is 13.9 Å². The standard InChI is InChI=1S/C11H12ClFO2/c1-3-15-11(14)6-8-9(12)4-7(2)5-10(8)13/h4-5H,3,6H2,1-2H3. The number of carbonyl (C=O) groups excluding carboxylic acids is 1. The van der Waals surface area contributed by atoms with Gasteiger partial charge in [-0.05, 0) is 31.5 Å². The van der Waals surface area contributed by atoms with E-state index in [0.717, 1.165) is 5.56 Å². The molecule has 4 heteroatoms. The van der Waals surface area contributed by atoms with E-state index in [1.54, 1.807) is 19.9 Å². The maximum Gasteiger partial charge on any atom is 0.310 e. The SMILES string of the molecule is CCOC(=O)Cc1c(F)cc(C)cc1Cl. The first-order valence-electron chi connectivity index (χ1n) is 4.64. The van der Waals surface area contributed by atoms with E-state index in [9.17, 15) is 9.18 Å². The largest absolute Gasteiger partial charge is 0.466 e. The van der Waals surface area contributed by atoms with Crippen molar-refractivity contribution in [2.75, 3.05) is 6.61 Å². The second-order valence-electron chi connectivity index (χ2n) is 3.19. The van der Waals surface area contributed by atoms with Gasteiger partial charge in [0.25, 0.3) is 0 Å². The minimum Gasteiger partial charge on any atom is -0.466 e. The van der Waals surface area contributed by atoms with Gasteiger partial charge in [0.2, 0.25) is 0 Å². The maximum absolute atomic E-state index is 13.4. The molecule has 82 valence electrons. The van der Waals surface area contributed by atoms with E-state index in [-0.39, 0.29) is 23.6 Å². The molecule has 0 fully saturated rings. The molecular formula is C11H12ClFO2. The van der Waals surface area contributed by atoms with Crippen LogP contribution in [0.25, 0.3) is 0 Å². The fourth-order valence-electron chi connectivity index (χ4n) is 1.25. The molecule has 0 aliphatic heterocycles. The van der Waals surface area contributed by atoms with Gasteiger partial charge in [-0.1, -0.05) is 11.6 Å². The minimum absolute atomic E-state index is 0.126. The number of hydrogen-bond acceptors (Lipinski definition) is 2. The van der Waals surface area contributed by atoms with E-state index in [0.29, 0.717) is 0 Å². The monoisotopic (exact) mass is 230 g/mol. The number of halogens is 2. The van der Waals surface area contributed by atoms with Crippen molar-refractivity contribution in [1.29, 1.82) is 0 Å². The second-order valence-corrected chi connectivity index (χ2v) is 3.60. The Morgan fingerprint density at radius 3 is 2.73 bits per heavy atom. The Morgan fingerprint density at radius 1 is 1.53 bits per heavy atom. The van der Waals surface area contributed by atoms with E-state index < -0.39 is 11.8 Å². The molecule has 0 bridgehead atoms. The highest BCUT2D eigenvalue weighted by molar-refractivity contribution is 6.31. The predicted molar refractivity (Wildman–Crippen MR) is 56.5 cm³/mol. The lowest BCUT2D eigenvalue weighted by Gasteiger charge is -2.06. The maximum atomic E-state index is 13.4. The van der Waals surface area contributed by atoms with Crippen molar-refractivity contribution in [1.82, 2.24) is 0 Å². The molecule has 1 aromatic carbocycles. The lowest BCUT2D eigenvalue weighted by molar-refractivity contribution is -0.142. The Kier molecular flexibility index (Phi) is 4.09. The van der Waals surface area contributed by atoms with Gasteiger partial charge in [-0.25, -0.2) is 4.39 Å². The summed E-state index contributed by atoms with van der Waals surface area (Å²) < 4.78 is 18.1. The van der Waals surface area contributed by atoms with Crippen molar-refractivity contribution in [3.8, 4) is 0 Å². The van der Waals surface area contributed by atoms with E-state index in [1.807, 2.05) is 0 Å². The molecule has 0 aliphatic carbocycles. The number of esters is 1. The second kappa shape index (κ2) is 5.12. The van der Waals surface area contributed by atoms with Gasteiger partial charge in [0.1, 0.15) is 5.82 Å². The van der Waals surface area contributed by atoms with Crippen LogP contribution < -0.4 is 0 Å². The molecule has 0 saturated heterocycles. The van der Waals surface area contributed by atoms with Gasteiger partial charge in [-0.2, -0.15) is 0 Å². The fourth-order valence-corrected chi connectivity index (χ4v) is 1.58. The first kappa shape index (κ1) is 12.0. The molecule has 0 aliphatic rings. The third-order valence-corrected chi connectivity index (χ3v) is 2.25. The van der Waals surface area contributed by atoms with E-state index in [1.165, 1.54) is 6.07 Å². The minimum atomic E-state index is -0.470. The molecule has 0 unspecified atom stereocenters. The van der Waals surface area contributed by atoms with E-state index in [2.05, 4.69) is 0 Å². The van der Waals surface area contributed by atoms with Crippen molar-refractivity contribution in [3.05, 3.63) is 34.1 Å². The zero-order valence-corrected chi connectivity index (χ0v) is 9.40. The topological polar surface area (TPSA) is 26.3 Å². The quantitative estimate of drug-likeness (QED) is 0.747. The summed E-state index contributed by atoms with van der Waals surface area (Å²) in [5.41, 5.74) is 0.922. The molecule has 0 aromatic heterocycles. The summed E-state index contributed by atoms with van der Waals surface area (Å²) in [6.07, 6.45) is -0.126. The Morgan fingerprint density at radius 2 is 2.20 bits per heavy atom. The molecule has 15 heavy (non-hydrogen) atoms. The lowest BCUT2D eigenvalue weighted by Crippen LogP contribution is -2.09. The van der Waals surface area contributed by atoms with E-state index in [4.69, 9.17) is 16.3 Å². The van der Waals surface area contributed by atoms with Crippen molar-refractivity contribution in [3.63, 3.8) is 0 Å². The summed E-state index contributed by atoms with van der Waals surface area (Å²) >= 11 is 5.83. The van der Waals surface area contributed by atoms with Gasteiger partial charge in [-0.15, -0.1) is 0 Å². The van der Waals surface area contributed by atoms with Crippen LogP contribution in [0, 0.1) is 12.7 Å². The summed E-state index contributed by atoms with van der Waals surface area (Å²) in [4.78, 5) is 11.2. The number of ether oxygens (including phenoxy) is 1. The molecule has 2 nitrogen and oxygen atoms in total. The van der Waals surface area contributed by atoms with E-state index >= 15 is 0 Å². The van der Waals surface area contributed by atoms with Crippen LogP contribution in [0.5, 0.6) is 0 Å². The Labute approximate surface area is 93.0 Å². The smallest absolute Gasteiger partial charge is 0.310 e. The molecule has 0 saturated carbocycles. The number of benzene rings is 1. The Hall–Kier alpha value is -1.09. The zero-order valence-electron chi connectivity index (χ0n) is 8.64. The summed E-state index contributed by atoms with van der Waals surface area (Å²) in [6, 6.07) is 2.97. The predicted octanol–water partition coefficient (Wildman–Crippen LogP) is 2.89.